The highest BCUT2D eigenvalue weighted by Crippen LogP contribution is 2.36. The van der Waals surface area contributed by atoms with Crippen LogP contribution in [0.25, 0.3) is 26.1 Å². The first kappa shape index (κ1) is 24.1. The van der Waals surface area contributed by atoms with Gasteiger partial charge < -0.3 is 10.2 Å². The van der Waals surface area contributed by atoms with E-state index in [1.807, 2.05) is 4.90 Å². The summed E-state index contributed by atoms with van der Waals surface area (Å²) < 4.78 is 42.8. The average Bonchev–Trinajstić information content (AvgIpc) is 3.64. The minimum atomic E-state index is -4.53. The van der Waals surface area contributed by atoms with E-state index in [0.717, 1.165) is 68.7 Å². The molecule has 0 bridgehead atoms. The van der Waals surface area contributed by atoms with Crippen LogP contribution in [0.3, 0.4) is 0 Å². The molecule has 0 atom stereocenters. The van der Waals surface area contributed by atoms with Gasteiger partial charge >= 0.3 is 6.18 Å². The number of thiazole rings is 1. The predicted octanol–water partition coefficient (Wildman–Crippen LogP) is 5.39. The molecule has 4 heterocycles. The van der Waals surface area contributed by atoms with Gasteiger partial charge in [-0.15, -0.1) is 11.3 Å². The van der Waals surface area contributed by atoms with Crippen LogP contribution in [-0.4, -0.2) is 39.9 Å². The van der Waals surface area contributed by atoms with Crippen molar-refractivity contribution < 1.29 is 18.0 Å². The van der Waals surface area contributed by atoms with Crippen molar-refractivity contribution in [2.24, 2.45) is 5.92 Å². The molecule has 2 aliphatic rings. The summed E-state index contributed by atoms with van der Waals surface area (Å²) in [4.78, 5) is 38.2. The van der Waals surface area contributed by atoms with Crippen LogP contribution in [0.15, 0.2) is 29.2 Å². The van der Waals surface area contributed by atoms with Crippen LogP contribution in [0.5, 0.6) is 0 Å². The Labute approximate surface area is 214 Å². The van der Waals surface area contributed by atoms with Gasteiger partial charge in [-0.3, -0.25) is 14.0 Å². The lowest BCUT2D eigenvalue weighted by Gasteiger charge is -2.16. The number of nitrogens with one attached hydrogen (secondary N) is 1. The molecule has 1 saturated heterocycles. The van der Waals surface area contributed by atoms with Crippen LogP contribution < -0.4 is 15.6 Å². The van der Waals surface area contributed by atoms with Crippen molar-refractivity contribution in [2.45, 2.75) is 51.1 Å². The first-order valence-electron chi connectivity index (χ1n) is 12.7. The molecular weight excluding hydrogens is 503 g/mol. The number of halogens is 3. The maximum absolute atomic E-state index is 13.6. The summed E-state index contributed by atoms with van der Waals surface area (Å²) >= 11 is 1.12. The van der Waals surface area contributed by atoms with E-state index in [4.69, 9.17) is 0 Å². The molecule has 4 aromatic rings. The number of fused-ring (bicyclic) bond motifs is 5. The second kappa shape index (κ2) is 9.27. The van der Waals surface area contributed by atoms with Crippen LogP contribution in [0.2, 0.25) is 0 Å². The number of benzene rings is 1. The van der Waals surface area contributed by atoms with E-state index >= 15 is 0 Å². The predicted molar refractivity (Wildman–Crippen MR) is 138 cm³/mol. The summed E-state index contributed by atoms with van der Waals surface area (Å²) in [5, 5.41) is 2.99. The van der Waals surface area contributed by atoms with E-state index in [-0.39, 0.29) is 26.9 Å². The molecule has 0 spiro atoms. The number of rotatable bonds is 5. The van der Waals surface area contributed by atoms with Crippen LogP contribution in [0.1, 0.15) is 60.9 Å². The zero-order chi connectivity index (χ0) is 25.7. The Balaban J connectivity index is 1.53. The maximum atomic E-state index is 13.6. The number of pyridine rings is 1. The number of carbonyl (C=O) groups is 1. The van der Waals surface area contributed by atoms with Crippen LogP contribution in [0.4, 0.5) is 19.1 Å². The van der Waals surface area contributed by atoms with E-state index in [2.05, 4.69) is 15.3 Å². The van der Waals surface area contributed by atoms with Gasteiger partial charge in [0.25, 0.3) is 5.91 Å². The average molecular weight is 530 g/mol. The maximum Gasteiger partial charge on any atom is 0.416 e. The topological polar surface area (TPSA) is 79.6 Å². The fourth-order valence-corrected chi connectivity index (χ4v) is 6.72. The lowest BCUT2D eigenvalue weighted by molar-refractivity contribution is -0.137. The van der Waals surface area contributed by atoms with Crippen molar-refractivity contribution in [3.8, 4) is 0 Å². The summed E-state index contributed by atoms with van der Waals surface area (Å²) in [6.45, 7) is 1.99. The molecule has 6 rings (SSSR count). The molecule has 11 heteroatoms. The van der Waals surface area contributed by atoms with Crippen LogP contribution in [-0.2, 0) is 6.18 Å². The van der Waals surface area contributed by atoms with Gasteiger partial charge in [-0.2, -0.15) is 18.2 Å². The number of hydrogen-bond acceptors (Lipinski definition) is 6. The molecular formula is C26H26F3N5O2S. The number of alkyl halides is 3. The number of carbonyl (C=O) groups excluding carboxylic acids is 1. The van der Waals surface area contributed by atoms with Gasteiger partial charge in [0.2, 0.25) is 11.4 Å². The highest BCUT2D eigenvalue weighted by molar-refractivity contribution is 7.24. The highest BCUT2D eigenvalue weighted by atomic mass is 32.1. The molecule has 0 unspecified atom stereocenters. The standard InChI is InChI=1S/C26H26F3N5O2S/c27-26(28,29)16-7-8-19-18(13-16)34-22-17(14-31-25(32-22)33-11-3-4-12-33)21(35)20(24(34)37-19)23(36)30-10-9-15-5-1-2-6-15/h7-8,13-15H,1-6,9-12H2,(H,30,36). The van der Waals surface area contributed by atoms with Crippen molar-refractivity contribution in [3.63, 3.8) is 0 Å². The molecule has 194 valence electrons. The number of aromatic nitrogens is 3. The second-order valence-electron chi connectivity index (χ2n) is 9.92. The Kier molecular flexibility index (Phi) is 6.05. The molecule has 1 aliphatic carbocycles. The minimum absolute atomic E-state index is 0.0776. The molecule has 1 aromatic carbocycles. The zero-order valence-corrected chi connectivity index (χ0v) is 20.9. The largest absolute Gasteiger partial charge is 0.416 e. The lowest BCUT2D eigenvalue weighted by Crippen LogP contribution is -2.31. The van der Waals surface area contributed by atoms with Crippen LogP contribution >= 0.6 is 11.3 Å². The SMILES string of the molecule is O=C(NCCC1CCCC1)c1c(=O)c2cnc(N3CCCC3)nc2n2c1sc1ccc(C(F)(F)F)cc12. The third kappa shape index (κ3) is 4.32. The van der Waals surface area contributed by atoms with E-state index in [1.54, 1.807) is 0 Å². The van der Waals surface area contributed by atoms with Gasteiger partial charge in [0.05, 0.1) is 21.2 Å². The van der Waals surface area contributed by atoms with E-state index in [1.165, 1.54) is 29.5 Å². The Hall–Kier alpha value is -3.21. The molecule has 3 aromatic heterocycles. The summed E-state index contributed by atoms with van der Waals surface area (Å²) in [7, 11) is 0. The molecule has 7 nitrogen and oxygen atoms in total. The van der Waals surface area contributed by atoms with Gasteiger partial charge in [0, 0.05) is 25.8 Å². The highest BCUT2D eigenvalue weighted by Gasteiger charge is 2.32. The Morgan fingerprint density at radius 3 is 2.62 bits per heavy atom. The molecule has 1 amide bonds. The van der Waals surface area contributed by atoms with Crippen molar-refractivity contribution >= 4 is 49.3 Å². The van der Waals surface area contributed by atoms with Crippen molar-refractivity contribution in [1.29, 1.82) is 0 Å². The normalized spacial score (nSPS) is 17.0. The van der Waals surface area contributed by atoms with Gasteiger partial charge in [-0.1, -0.05) is 25.7 Å². The summed E-state index contributed by atoms with van der Waals surface area (Å²) in [5.41, 5.74) is -0.922. The Morgan fingerprint density at radius 1 is 1.14 bits per heavy atom. The zero-order valence-electron chi connectivity index (χ0n) is 20.1. The molecule has 0 radical (unpaired) electrons. The third-order valence-electron chi connectivity index (χ3n) is 7.52. The fraction of sp³-hybridized carbons (Fsp3) is 0.462. The number of amides is 1. The van der Waals surface area contributed by atoms with E-state index in [9.17, 15) is 22.8 Å². The number of hydrogen-bond donors (Lipinski definition) is 1. The van der Waals surface area contributed by atoms with Crippen LogP contribution in [0, 0.1) is 5.92 Å². The molecule has 1 aliphatic heterocycles. The van der Waals surface area contributed by atoms with Gasteiger partial charge in [0.15, 0.2) is 5.65 Å². The quantitative estimate of drug-likeness (QED) is 0.375. The third-order valence-corrected chi connectivity index (χ3v) is 8.66. The van der Waals surface area contributed by atoms with Crippen molar-refractivity contribution in [1.82, 2.24) is 19.7 Å². The van der Waals surface area contributed by atoms with Crippen molar-refractivity contribution in [3.05, 3.63) is 45.7 Å². The first-order chi connectivity index (χ1) is 17.8. The fourth-order valence-electron chi connectivity index (χ4n) is 5.56. The summed E-state index contributed by atoms with van der Waals surface area (Å²) in [6.07, 6.45) is 4.39. The molecule has 2 fully saturated rings. The monoisotopic (exact) mass is 529 g/mol. The molecule has 1 N–H and O–H groups in total. The molecule has 1 saturated carbocycles. The lowest BCUT2D eigenvalue weighted by atomic mass is 10.0. The molecule has 37 heavy (non-hydrogen) atoms. The number of anilines is 1. The van der Waals surface area contributed by atoms with E-state index < -0.39 is 23.1 Å². The van der Waals surface area contributed by atoms with E-state index in [0.29, 0.717) is 23.1 Å². The smallest absolute Gasteiger partial charge is 0.352 e. The minimum Gasteiger partial charge on any atom is -0.352 e. The Bertz CT molecular complexity index is 1570. The number of nitrogens with zero attached hydrogens (tertiary/aromatic N) is 4. The summed E-state index contributed by atoms with van der Waals surface area (Å²) in [5.74, 6) is 0.479. The van der Waals surface area contributed by atoms with Crippen molar-refractivity contribution in [2.75, 3.05) is 24.5 Å². The van der Waals surface area contributed by atoms with Gasteiger partial charge in [-0.05, 0) is 43.4 Å². The van der Waals surface area contributed by atoms with Gasteiger partial charge in [-0.25, -0.2) is 4.98 Å². The Morgan fingerprint density at radius 2 is 1.89 bits per heavy atom. The second-order valence-corrected chi connectivity index (χ2v) is 11.0. The van der Waals surface area contributed by atoms with Gasteiger partial charge in [0.1, 0.15) is 10.4 Å². The summed E-state index contributed by atoms with van der Waals surface area (Å²) in [6, 6.07) is 3.46. The first-order valence-corrected chi connectivity index (χ1v) is 13.5.